The van der Waals surface area contributed by atoms with Crippen molar-refractivity contribution in [2.75, 3.05) is 19.6 Å². The number of piperazine rings is 1. The van der Waals surface area contributed by atoms with Crippen LogP contribution in [-0.4, -0.2) is 48.4 Å². The Morgan fingerprint density at radius 3 is 2.52 bits per heavy atom. The summed E-state index contributed by atoms with van der Waals surface area (Å²) in [4.78, 5) is 37.7. The summed E-state index contributed by atoms with van der Waals surface area (Å²) in [5.74, 6) is -0.409. The monoisotopic (exact) mass is 316 g/mol. The number of nitrogens with zero attached hydrogens (tertiary/aromatic N) is 1. The molecule has 2 aliphatic rings. The minimum absolute atomic E-state index is 0.0180. The zero-order valence-electron chi connectivity index (χ0n) is 13.2. The molecular weight excluding hydrogens is 296 g/mol. The van der Waals surface area contributed by atoms with Gasteiger partial charge in [0.05, 0.1) is 0 Å². The fourth-order valence-corrected chi connectivity index (χ4v) is 3.00. The maximum Gasteiger partial charge on any atom is 0.322 e. The Balaban J connectivity index is 1.81. The Kier molecular flexibility index (Phi) is 3.81. The van der Waals surface area contributed by atoms with E-state index in [1.165, 1.54) is 0 Å². The Hall–Kier alpha value is -2.41. The molecule has 0 radical (unpaired) electrons. The van der Waals surface area contributed by atoms with Crippen molar-refractivity contribution in [1.29, 1.82) is 0 Å². The molecule has 122 valence electrons. The number of carbonyl (C=O) groups excluding carboxylic acids is 3. The van der Waals surface area contributed by atoms with Crippen molar-refractivity contribution in [1.82, 2.24) is 20.9 Å². The molecule has 7 heteroatoms. The van der Waals surface area contributed by atoms with Crippen LogP contribution in [0.25, 0.3) is 0 Å². The SMILES string of the molecule is C[C@H]1CNCCN1C(=O)c1ccc([C@]2(C)NC(=O)NC2=O)cc1. The number of rotatable bonds is 2. The Morgan fingerprint density at radius 1 is 1.26 bits per heavy atom. The van der Waals surface area contributed by atoms with Gasteiger partial charge in [-0.15, -0.1) is 0 Å². The lowest BCUT2D eigenvalue weighted by atomic mass is 9.91. The lowest BCUT2D eigenvalue weighted by molar-refractivity contribution is -0.123. The zero-order valence-corrected chi connectivity index (χ0v) is 13.2. The average molecular weight is 316 g/mol. The molecule has 0 spiro atoms. The number of nitrogens with one attached hydrogen (secondary N) is 3. The van der Waals surface area contributed by atoms with E-state index < -0.39 is 17.5 Å². The molecule has 0 aromatic heterocycles. The van der Waals surface area contributed by atoms with E-state index in [0.29, 0.717) is 17.7 Å². The van der Waals surface area contributed by atoms with E-state index in [1.54, 1.807) is 31.2 Å². The van der Waals surface area contributed by atoms with Gasteiger partial charge in [0.25, 0.3) is 11.8 Å². The number of amides is 4. The van der Waals surface area contributed by atoms with E-state index in [1.807, 2.05) is 11.8 Å². The van der Waals surface area contributed by atoms with Crippen LogP contribution >= 0.6 is 0 Å². The quantitative estimate of drug-likeness (QED) is 0.679. The fourth-order valence-electron chi connectivity index (χ4n) is 3.00. The first-order valence-electron chi connectivity index (χ1n) is 7.67. The molecule has 2 aliphatic heterocycles. The van der Waals surface area contributed by atoms with Crippen LogP contribution in [0.5, 0.6) is 0 Å². The van der Waals surface area contributed by atoms with Gasteiger partial charge in [-0.1, -0.05) is 12.1 Å². The summed E-state index contributed by atoms with van der Waals surface area (Å²) in [5.41, 5.74) is 0.127. The highest BCUT2D eigenvalue weighted by Gasteiger charge is 2.43. The van der Waals surface area contributed by atoms with E-state index in [9.17, 15) is 14.4 Å². The number of urea groups is 1. The zero-order chi connectivity index (χ0) is 16.6. The third kappa shape index (κ3) is 2.68. The molecule has 4 amide bonds. The van der Waals surface area contributed by atoms with Crippen molar-refractivity contribution in [2.24, 2.45) is 0 Å². The molecular formula is C16H20N4O3. The predicted octanol–water partition coefficient (Wildman–Crippen LogP) is 0.175. The molecule has 7 nitrogen and oxygen atoms in total. The normalized spacial score (nSPS) is 27.6. The molecule has 2 saturated heterocycles. The second-order valence-corrected chi connectivity index (χ2v) is 6.16. The smallest absolute Gasteiger partial charge is 0.322 e. The van der Waals surface area contributed by atoms with Gasteiger partial charge in [-0.25, -0.2) is 4.79 Å². The molecule has 2 heterocycles. The van der Waals surface area contributed by atoms with Gasteiger partial charge >= 0.3 is 6.03 Å². The molecule has 2 atom stereocenters. The van der Waals surface area contributed by atoms with Crippen molar-refractivity contribution in [3.05, 3.63) is 35.4 Å². The molecule has 3 rings (SSSR count). The molecule has 1 aromatic carbocycles. The second kappa shape index (κ2) is 5.66. The second-order valence-electron chi connectivity index (χ2n) is 6.16. The highest BCUT2D eigenvalue weighted by molar-refractivity contribution is 6.07. The Labute approximate surface area is 134 Å². The van der Waals surface area contributed by atoms with Crippen LogP contribution in [-0.2, 0) is 10.3 Å². The summed E-state index contributed by atoms with van der Waals surface area (Å²) in [6, 6.07) is 6.47. The minimum Gasteiger partial charge on any atom is -0.333 e. The lowest BCUT2D eigenvalue weighted by Crippen LogP contribution is -2.52. The first kappa shape index (κ1) is 15.5. The summed E-state index contributed by atoms with van der Waals surface area (Å²) < 4.78 is 0. The van der Waals surface area contributed by atoms with Crippen LogP contribution in [0.4, 0.5) is 4.79 Å². The molecule has 23 heavy (non-hydrogen) atoms. The van der Waals surface area contributed by atoms with Gasteiger partial charge in [0.1, 0.15) is 5.54 Å². The van der Waals surface area contributed by atoms with E-state index >= 15 is 0 Å². The van der Waals surface area contributed by atoms with Crippen LogP contribution < -0.4 is 16.0 Å². The van der Waals surface area contributed by atoms with Crippen molar-refractivity contribution in [2.45, 2.75) is 25.4 Å². The maximum absolute atomic E-state index is 12.6. The highest BCUT2D eigenvalue weighted by atomic mass is 16.2. The van der Waals surface area contributed by atoms with Gasteiger partial charge < -0.3 is 15.5 Å². The van der Waals surface area contributed by atoms with Gasteiger partial charge in [-0.05, 0) is 31.5 Å². The Bertz CT molecular complexity index is 658. The van der Waals surface area contributed by atoms with E-state index in [0.717, 1.165) is 13.1 Å². The highest BCUT2D eigenvalue weighted by Crippen LogP contribution is 2.25. The number of benzene rings is 1. The standard InChI is InChI=1S/C16H20N4O3/c1-10-9-17-7-8-20(10)13(21)11-3-5-12(6-4-11)16(2)14(22)18-15(23)19-16/h3-6,10,17H,7-9H2,1-2H3,(H2,18,19,22,23)/t10-,16-/m0/s1. The topological polar surface area (TPSA) is 90.5 Å². The molecule has 0 saturated carbocycles. The number of imide groups is 1. The van der Waals surface area contributed by atoms with Gasteiger partial charge in [0.15, 0.2) is 0 Å². The summed E-state index contributed by atoms with van der Waals surface area (Å²) in [6.45, 7) is 5.91. The summed E-state index contributed by atoms with van der Waals surface area (Å²) >= 11 is 0. The van der Waals surface area contributed by atoms with Gasteiger partial charge in [-0.3, -0.25) is 14.9 Å². The van der Waals surface area contributed by atoms with Crippen LogP contribution in [0.1, 0.15) is 29.8 Å². The number of carbonyl (C=O) groups is 3. The van der Waals surface area contributed by atoms with Crippen molar-refractivity contribution in [3.63, 3.8) is 0 Å². The van der Waals surface area contributed by atoms with Crippen LogP contribution in [0, 0.1) is 0 Å². The summed E-state index contributed by atoms with van der Waals surface area (Å²) in [6.07, 6.45) is 0. The summed E-state index contributed by atoms with van der Waals surface area (Å²) in [7, 11) is 0. The van der Waals surface area contributed by atoms with Gasteiger partial charge in [0, 0.05) is 31.2 Å². The van der Waals surface area contributed by atoms with Crippen molar-refractivity contribution in [3.8, 4) is 0 Å². The summed E-state index contributed by atoms with van der Waals surface area (Å²) in [5, 5.41) is 8.09. The first-order valence-corrected chi connectivity index (χ1v) is 7.67. The lowest BCUT2D eigenvalue weighted by Gasteiger charge is -2.34. The average Bonchev–Trinajstić information content (AvgIpc) is 2.81. The third-order valence-electron chi connectivity index (χ3n) is 4.52. The molecule has 0 unspecified atom stereocenters. The molecule has 3 N–H and O–H groups in total. The Morgan fingerprint density at radius 2 is 1.96 bits per heavy atom. The van der Waals surface area contributed by atoms with Gasteiger partial charge in [-0.2, -0.15) is 0 Å². The van der Waals surface area contributed by atoms with Crippen molar-refractivity contribution >= 4 is 17.8 Å². The van der Waals surface area contributed by atoms with Gasteiger partial charge in [0.2, 0.25) is 0 Å². The molecule has 0 bridgehead atoms. The molecule has 0 aliphatic carbocycles. The number of hydrogen-bond donors (Lipinski definition) is 3. The van der Waals surface area contributed by atoms with E-state index in [4.69, 9.17) is 0 Å². The minimum atomic E-state index is -1.10. The first-order chi connectivity index (χ1) is 10.9. The maximum atomic E-state index is 12.6. The van der Waals surface area contributed by atoms with E-state index in [2.05, 4.69) is 16.0 Å². The molecule has 2 fully saturated rings. The fraction of sp³-hybridized carbons (Fsp3) is 0.438. The number of hydrogen-bond acceptors (Lipinski definition) is 4. The van der Waals surface area contributed by atoms with Crippen LogP contribution in [0.15, 0.2) is 24.3 Å². The predicted molar refractivity (Wildman–Crippen MR) is 83.8 cm³/mol. The van der Waals surface area contributed by atoms with Crippen LogP contribution in [0.3, 0.4) is 0 Å². The van der Waals surface area contributed by atoms with Crippen molar-refractivity contribution < 1.29 is 14.4 Å². The molecule has 1 aromatic rings. The largest absolute Gasteiger partial charge is 0.333 e. The van der Waals surface area contributed by atoms with Crippen LogP contribution in [0.2, 0.25) is 0 Å². The third-order valence-corrected chi connectivity index (χ3v) is 4.52. The van der Waals surface area contributed by atoms with E-state index in [-0.39, 0.29) is 11.9 Å².